The number of hydrogen-bond donors (Lipinski definition) is 3. The van der Waals surface area contributed by atoms with E-state index in [0.717, 1.165) is 40.4 Å². The van der Waals surface area contributed by atoms with Crippen LogP contribution in [0, 0.1) is 0 Å². The number of imidazole rings is 1. The third-order valence-corrected chi connectivity index (χ3v) is 7.42. The van der Waals surface area contributed by atoms with E-state index in [1.54, 1.807) is 6.20 Å². The van der Waals surface area contributed by atoms with Gasteiger partial charge in [0, 0.05) is 30.4 Å². The summed E-state index contributed by atoms with van der Waals surface area (Å²) in [5.41, 5.74) is 4.72. The van der Waals surface area contributed by atoms with Gasteiger partial charge in [0.15, 0.2) is 25.3 Å². The van der Waals surface area contributed by atoms with Crippen molar-refractivity contribution in [1.82, 2.24) is 24.5 Å². The highest BCUT2D eigenvalue weighted by molar-refractivity contribution is 6.70. The quantitative estimate of drug-likeness (QED) is 0.254. The third kappa shape index (κ3) is 6.23. The molecule has 0 aliphatic carbocycles. The van der Waals surface area contributed by atoms with E-state index in [4.69, 9.17) is 9.97 Å². The molecule has 1 atom stereocenters. The number of nitrogens with zero attached hydrogens (tertiary/aromatic N) is 5. The SMILES string of the molecule is CC[C@H](C[Si](C)(C)O)Nc1nc(NCc2ccc(-c3ccccn3)cc2)c2ncn(C(C)C)c2n1. The average Bonchev–Trinajstić information content (AvgIpc) is 3.26. The molecule has 0 unspecified atom stereocenters. The molecule has 0 aliphatic heterocycles. The van der Waals surface area contributed by atoms with Crippen molar-refractivity contribution in [3.8, 4) is 11.3 Å². The first-order valence-electron chi connectivity index (χ1n) is 12.2. The first kappa shape index (κ1) is 24.8. The number of benzene rings is 1. The summed E-state index contributed by atoms with van der Waals surface area (Å²) in [6, 6.07) is 15.4. The van der Waals surface area contributed by atoms with Crippen molar-refractivity contribution in [2.45, 2.75) is 65.0 Å². The summed E-state index contributed by atoms with van der Waals surface area (Å²) < 4.78 is 2.06. The van der Waals surface area contributed by atoms with Gasteiger partial charge in [-0.25, -0.2) is 4.98 Å². The molecule has 0 saturated heterocycles. The zero-order valence-electron chi connectivity index (χ0n) is 21.2. The van der Waals surface area contributed by atoms with Gasteiger partial charge in [-0.1, -0.05) is 37.3 Å². The van der Waals surface area contributed by atoms with E-state index in [-0.39, 0.29) is 12.1 Å². The lowest BCUT2D eigenvalue weighted by Crippen LogP contribution is -2.34. The molecule has 3 N–H and O–H groups in total. The second-order valence-corrected chi connectivity index (χ2v) is 13.9. The van der Waals surface area contributed by atoms with Crippen LogP contribution in [0.15, 0.2) is 55.0 Å². The Morgan fingerprint density at radius 1 is 1.03 bits per heavy atom. The number of hydrogen-bond acceptors (Lipinski definition) is 7. The first-order chi connectivity index (χ1) is 16.7. The van der Waals surface area contributed by atoms with E-state index >= 15 is 0 Å². The molecule has 4 rings (SSSR count). The van der Waals surface area contributed by atoms with Gasteiger partial charge in [-0.2, -0.15) is 9.97 Å². The predicted molar refractivity (Wildman–Crippen MR) is 145 cm³/mol. The van der Waals surface area contributed by atoms with Crippen LogP contribution in [-0.4, -0.2) is 43.7 Å². The van der Waals surface area contributed by atoms with Crippen LogP contribution in [0.1, 0.15) is 38.8 Å². The minimum atomic E-state index is -2.22. The second kappa shape index (κ2) is 10.5. The van der Waals surface area contributed by atoms with Crippen LogP contribution in [0.3, 0.4) is 0 Å². The number of nitrogens with one attached hydrogen (secondary N) is 2. The van der Waals surface area contributed by atoms with E-state index < -0.39 is 8.32 Å². The molecule has 8 nitrogen and oxygen atoms in total. The smallest absolute Gasteiger partial charge is 0.226 e. The molecule has 1 aromatic carbocycles. The van der Waals surface area contributed by atoms with Crippen molar-refractivity contribution < 1.29 is 4.80 Å². The lowest BCUT2D eigenvalue weighted by Gasteiger charge is -2.23. The molecule has 0 bridgehead atoms. The first-order valence-corrected chi connectivity index (χ1v) is 15.4. The van der Waals surface area contributed by atoms with Gasteiger partial charge in [-0.15, -0.1) is 0 Å². The molecule has 0 amide bonds. The van der Waals surface area contributed by atoms with Crippen molar-refractivity contribution in [2.24, 2.45) is 0 Å². The number of rotatable bonds is 10. The van der Waals surface area contributed by atoms with Gasteiger partial charge >= 0.3 is 0 Å². The van der Waals surface area contributed by atoms with Crippen molar-refractivity contribution in [2.75, 3.05) is 10.6 Å². The standard InChI is InChI=1S/C26H35N7OSi/c1-6-21(16-35(4,5)34)30-26-31-24(23-25(32-26)33(17-29-23)18(2)3)28-15-19-10-12-20(13-11-19)22-9-7-8-14-27-22/h7-14,17-18,21,34H,6,15-16H2,1-5H3,(H2,28,30,31,32)/t21-/m1/s1. The number of fused-ring (bicyclic) bond motifs is 1. The van der Waals surface area contributed by atoms with E-state index in [1.807, 2.05) is 37.6 Å². The largest absolute Gasteiger partial charge is 0.432 e. The Kier molecular flexibility index (Phi) is 7.47. The van der Waals surface area contributed by atoms with Gasteiger partial charge in [0.2, 0.25) is 5.95 Å². The maximum atomic E-state index is 10.4. The highest BCUT2D eigenvalue weighted by atomic mass is 28.4. The van der Waals surface area contributed by atoms with Crippen LogP contribution in [0.5, 0.6) is 0 Å². The molecule has 0 radical (unpaired) electrons. The fourth-order valence-electron chi connectivity index (χ4n) is 4.08. The van der Waals surface area contributed by atoms with Gasteiger partial charge in [-0.05, 0) is 57.1 Å². The Hall–Kier alpha value is -3.30. The van der Waals surface area contributed by atoms with Gasteiger partial charge < -0.3 is 20.0 Å². The Balaban J connectivity index is 1.58. The zero-order valence-corrected chi connectivity index (χ0v) is 22.2. The second-order valence-electron chi connectivity index (χ2n) is 9.85. The van der Waals surface area contributed by atoms with Crippen molar-refractivity contribution in [1.29, 1.82) is 0 Å². The summed E-state index contributed by atoms with van der Waals surface area (Å²) in [5.74, 6) is 1.25. The molecule has 0 saturated carbocycles. The average molecular weight is 490 g/mol. The summed E-state index contributed by atoms with van der Waals surface area (Å²) in [7, 11) is -2.22. The molecule has 9 heteroatoms. The Labute approximate surface area is 208 Å². The van der Waals surface area contributed by atoms with E-state index in [2.05, 4.69) is 70.2 Å². The van der Waals surface area contributed by atoms with Gasteiger partial charge in [0.1, 0.15) is 0 Å². The number of aromatic nitrogens is 5. The highest BCUT2D eigenvalue weighted by Gasteiger charge is 2.24. The fraction of sp³-hybridized carbons (Fsp3) is 0.385. The molecule has 184 valence electrons. The van der Waals surface area contributed by atoms with E-state index in [1.165, 1.54) is 0 Å². The summed E-state index contributed by atoms with van der Waals surface area (Å²) in [4.78, 5) is 29.1. The normalized spacial score (nSPS) is 12.8. The molecule has 3 heterocycles. The molecule has 3 aromatic heterocycles. The van der Waals surface area contributed by atoms with E-state index in [9.17, 15) is 4.80 Å². The van der Waals surface area contributed by atoms with Crippen LogP contribution >= 0.6 is 0 Å². The van der Waals surface area contributed by atoms with Crippen molar-refractivity contribution in [3.63, 3.8) is 0 Å². The molecular formula is C26H35N7OSi. The number of anilines is 2. The summed E-state index contributed by atoms with van der Waals surface area (Å²) in [6.45, 7) is 10.9. The lowest BCUT2D eigenvalue weighted by atomic mass is 10.1. The van der Waals surface area contributed by atoms with Crippen molar-refractivity contribution in [3.05, 3.63) is 60.6 Å². The minimum absolute atomic E-state index is 0.113. The Morgan fingerprint density at radius 2 is 1.80 bits per heavy atom. The maximum absolute atomic E-state index is 10.4. The molecule has 0 aliphatic rings. The minimum Gasteiger partial charge on any atom is -0.432 e. The van der Waals surface area contributed by atoms with E-state index in [0.29, 0.717) is 18.3 Å². The topological polar surface area (TPSA) is 101 Å². The molecule has 4 aromatic rings. The lowest BCUT2D eigenvalue weighted by molar-refractivity contribution is 0.535. The summed E-state index contributed by atoms with van der Waals surface area (Å²) in [6.07, 6.45) is 4.51. The van der Waals surface area contributed by atoms with Crippen molar-refractivity contribution >= 4 is 31.2 Å². The monoisotopic (exact) mass is 489 g/mol. The van der Waals surface area contributed by atoms with Crippen LogP contribution in [0.25, 0.3) is 22.4 Å². The Bertz CT molecular complexity index is 1250. The maximum Gasteiger partial charge on any atom is 0.226 e. The number of pyridine rings is 1. The summed E-state index contributed by atoms with van der Waals surface area (Å²) in [5, 5.41) is 6.93. The van der Waals surface area contributed by atoms with Crippen LogP contribution < -0.4 is 10.6 Å². The summed E-state index contributed by atoms with van der Waals surface area (Å²) >= 11 is 0. The molecule has 35 heavy (non-hydrogen) atoms. The molecule has 0 spiro atoms. The van der Waals surface area contributed by atoms with Gasteiger partial charge in [0.25, 0.3) is 0 Å². The molecular weight excluding hydrogens is 454 g/mol. The van der Waals surface area contributed by atoms with Crippen LogP contribution in [0.2, 0.25) is 19.1 Å². The van der Waals surface area contributed by atoms with Gasteiger partial charge in [0.05, 0.1) is 12.0 Å². The van der Waals surface area contributed by atoms with Crippen LogP contribution in [0.4, 0.5) is 11.8 Å². The van der Waals surface area contributed by atoms with Gasteiger partial charge in [-0.3, -0.25) is 4.98 Å². The molecule has 0 fully saturated rings. The third-order valence-electron chi connectivity index (χ3n) is 5.92. The van der Waals surface area contributed by atoms with Crippen LogP contribution in [-0.2, 0) is 6.54 Å². The Morgan fingerprint density at radius 3 is 2.43 bits per heavy atom. The predicted octanol–water partition coefficient (Wildman–Crippen LogP) is 5.47. The highest BCUT2D eigenvalue weighted by Crippen LogP contribution is 2.25. The fourth-order valence-corrected chi connectivity index (χ4v) is 5.67. The zero-order chi connectivity index (χ0) is 25.0.